The fourth-order valence-corrected chi connectivity index (χ4v) is 1.46. The molecule has 2 heterocycles. The number of aryl methyl sites for hydroxylation is 1. The lowest BCUT2D eigenvalue weighted by atomic mass is 10.3. The molecule has 2 aromatic rings. The zero-order valence-corrected chi connectivity index (χ0v) is 10.0. The third kappa shape index (κ3) is 2.17. The fourth-order valence-electron chi connectivity index (χ4n) is 1.46. The Bertz CT molecular complexity index is 612. The summed E-state index contributed by atoms with van der Waals surface area (Å²) in [5.41, 5.74) is 6.12. The van der Waals surface area contributed by atoms with Gasteiger partial charge in [-0.3, -0.25) is 0 Å². The van der Waals surface area contributed by atoms with Crippen molar-refractivity contribution in [1.29, 1.82) is 5.26 Å². The van der Waals surface area contributed by atoms with Gasteiger partial charge in [0, 0.05) is 13.1 Å². The van der Waals surface area contributed by atoms with E-state index in [0.717, 1.165) is 0 Å². The molecule has 2 aromatic heterocycles. The van der Waals surface area contributed by atoms with Gasteiger partial charge in [-0.05, 0) is 12.1 Å². The molecule has 92 valence electrons. The molecule has 0 aromatic carbocycles. The van der Waals surface area contributed by atoms with E-state index in [1.807, 2.05) is 6.07 Å². The summed E-state index contributed by atoms with van der Waals surface area (Å²) in [6.45, 7) is 0. The van der Waals surface area contributed by atoms with Crippen molar-refractivity contribution in [2.45, 2.75) is 0 Å². The lowest BCUT2D eigenvalue weighted by Gasteiger charge is -2.03. The summed E-state index contributed by atoms with van der Waals surface area (Å²) in [6, 6.07) is 6.95. The molecule has 0 atom stereocenters. The Morgan fingerprint density at radius 3 is 2.83 bits per heavy atom. The SMILES string of the molecule is COc1cc(Nc2ccc(N)c(C#N)n2)nn1C. The van der Waals surface area contributed by atoms with Gasteiger partial charge in [0.05, 0.1) is 12.8 Å². The number of nitrogens with two attached hydrogens (primary N) is 1. The molecule has 2 rings (SSSR count). The second kappa shape index (κ2) is 4.63. The topological polar surface area (TPSA) is 102 Å². The van der Waals surface area contributed by atoms with Crippen LogP contribution in [0.25, 0.3) is 0 Å². The summed E-state index contributed by atoms with van der Waals surface area (Å²) in [5.74, 6) is 1.70. The predicted octanol–water partition coefficient (Wildman–Crippen LogP) is 1.02. The largest absolute Gasteiger partial charge is 0.481 e. The van der Waals surface area contributed by atoms with Crippen LogP contribution in [0.1, 0.15) is 5.69 Å². The van der Waals surface area contributed by atoms with Crippen LogP contribution in [0.15, 0.2) is 18.2 Å². The Balaban J connectivity index is 2.26. The Morgan fingerprint density at radius 1 is 1.44 bits per heavy atom. The van der Waals surface area contributed by atoms with Crippen molar-refractivity contribution in [2.24, 2.45) is 7.05 Å². The maximum absolute atomic E-state index is 8.84. The first-order chi connectivity index (χ1) is 8.63. The van der Waals surface area contributed by atoms with Gasteiger partial charge in [-0.1, -0.05) is 0 Å². The minimum atomic E-state index is 0.183. The van der Waals surface area contributed by atoms with Gasteiger partial charge in [0.25, 0.3) is 0 Å². The molecule has 0 amide bonds. The number of rotatable bonds is 3. The smallest absolute Gasteiger partial charge is 0.213 e. The van der Waals surface area contributed by atoms with Crippen molar-refractivity contribution < 1.29 is 4.74 Å². The maximum Gasteiger partial charge on any atom is 0.213 e. The number of anilines is 3. The molecule has 0 spiro atoms. The number of nitriles is 1. The van der Waals surface area contributed by atoms with Gasteiger partial charge in [0.2, 0.25) is 5.88 Å². The highest BCUT2D eigenvalue weighted by Crippen LogP contribution is 2.20. The van der Waals surface area contributed by atoms with Crippen LogP contribution >= 0.6 is 0 Å². The van der Waals surface area contributed by atoms with Gasteiger partial charge in [-0.25, -0.2) is 9.67 Å². The number of methoxy groups -OCH3 is 1. The molecule has 3 N–H and O–H groups in total. The average Bonchev–Trinajstić information content (AvgIpc) is 2.72. The second-order valence-electron chi connectivity index (χ2n) is 3.57. The zero-order valence-electron chi connectivity index (χ0n) is 10.0. The van der Waals surface area contributed by atoms with Gasteiger partial charge < -0.3 is 15.8 Å². The Labute approximate surface area is 104 Å². The molecule has 0 saturated carbocycles. The molecular formula is C11H12N6O. The van der Waals surface area contributed by atoms with E-state index < -0.39 is 0 Å². The lowest BCUT2D eigenvalue weighted by molar-refractivity contribution is 0.373. The van der Waals surface area contributed by atoms with E-state index in [1.165, 1.54) is 0 Å². The highest BCUT2D eigenvalue weighted by Gasteiger charge is 2.07. The molecule has 0 fully saturated rings. The van der Waals surface area contributed by atoms with E-state index in [0.29, 0.717) is 23.2 Å². The molecule has 0 aliphatic rings. The van der Waals surface area contributed by atoms with E-state index in [-0.39, 0.29) is 5.69 Å². The van der Waals surface area contributed by atoms with Gasteiger partial charge in [-0.2, -0.15) is 10.4 Å². The average molecular weight is 244 g/mol. The first-order valence-electron chi connectivity index (χ1n) is 5.15. The van der Waals surface area contributed by atoms with Gasteiger partial charge in [0.1, 0.15) is 11.9 Å². The number of nitrogens with one attached hydrogen (secondary N) is 1. The zero-order chi connectivity index (χ0) is 13.1. The first kappa shape index (κ1) is 11.7. The summed E-state index contributed by atoms with van der Waals surface area (Å²) in [7, 11) is 3.33. The van der Waals surface area contributed by atoms with Crippen LogP contribution in [-0.2, 0) is 7.05 Å². The van der Waals surface area contributed by atoms with Crippen molar-refractivity contribution in [3.05, 3.63) is 23.9 Å². The normalized spacial score (nSPS) is 9.83. The minimum absolute atomic E-state index is 0.183. The molecule has 18 heavy (non-hydrogen) atoms. The number of nitrogens with zero attached hydrogens (tertiary/aromatic N) is 4. The monoisotopic (exact) mass is 244 g/mol. The quantitative estimate of drug-likeness (QED) is 0.835. The van der Waals surface area contributed by atoms with E-state index in [9.17, 15) is 0 Å². The molecular weight excluding hydrogens is 232 g/mol. The van der Waals surface area contributed by atoms with Crippen LogP contribution < -0.4 is 15.8 Å². The highest BCUT2D eigenvalue weighted by atomic mass is 16.5. The molecule has 0 saturated heterocycles. The Hall–Kier alpha value is -2.75. The summed E-state index contributed by atoms with van der Waals surface area (Å²) < 4.78 is 6.68. The molecule has 0 bridgehead atoms. The Kier molecular flexibility index (Phi) is 3.02. The fraction of sp³-hybridized carbons (Fsp3) is 0.182. The number of pyridine rings is 1. The van der Waals surface area contributed by atoms with E-state index in [4.69, 9.17) is 15.7 Å². The van der Waals surface area contributed by atoms with Crippen molar-refractivity contribution in [3.63, 3.8) is 0 Å². The Morgan fingerprint density at radius 2 is 2.22 bits per heavy atom. The molecule has 0 aliphatic heterocycles. The molecule has 0 unspecified atom stereocenters. The number of ether oxygens (including phenoxy) is 1. The van der Waals surface area contributed by atoms with Crippen molar-refractivity contribution in [1.82, 2.24) is 14.8 Å². The maximum atomic E-state index is 8.84. The van der Waals surface area contributed by atoms with Crippen LogP contribution in [0.5, 0.6) is 5.88 Å². The minimum Gasteiger partial charge on any atom is -0.481 e. The first-order valence-corrected chi connectivity index (χ1v) is 5.15. The predicted molar refractivity (Wildman–Crippen MR) is 66.4 cm³/mol. The van der Waals surface area contributed by atoms with Crippen molar-refractivity contribution in [2.75, 3.05) is 18.2 Å². The standard InChI is InChI=1S/C11H12N6O/c1-17-11(18-2)5-10(16-17)15-9-4-3-7(13)8(6-12)14-9/h3-5H,13H2,1-2H3,(H,14,15,16). The summed E-state index contributed by atoms with van der Waals surface area (Å²) in [5, 5.41) is 16.0. The second-order valence-corrected chi connectivity index (χ2v) is 3.57. The van der Waals surface area contributed by atoms with Crippen molar-refractivity contribution in [3.8, 4) is 11.9 Å². The van der Waals surface area contributed by atoms with Crippen LogP contribution in [-0.4, -0.2) is 21.9 Å². The van der Waals surface area contributed by atoms with Crippen LogP contribution in [0, 0.1) is 11.3 Å². The van der Waals surface area contributed by atoms with E-state index in [2.05, 4.69) is 15.4 Å². The summed E-state index contributed by atoms with van der Waals surface area (Å²) in [4.78, 5) is 4.06. The van der Waals surface area contributed by atoms with Crippen LogP contribution in [0.4, 0.5) is 17.3 Å². The van der Waals surface area contributed by atoms with Gasteiger partial charge in [0.15, 0.2) is 11.5 Å². The van der Waals surface area contributed by atoms with E-state index >= 15 is 0 Å². The third-order valence-electron chi connectivity index (χ3n) is 2.33. The summed E-state index contributed by atoms with van der Waals surface area (Å²) in [6.07, 6.45) is 0. The molecule has 0 aliphatic carbocycles. The molecule has 7 nitrogen and oxygen atoms in total. The lowest BCUT2D eigenvalue weighted by Crippen LogP contribution is -2.00. The van der Waals surface area contributed by atoms with Crippen LogP contribution in [0.2, 0.25) is 0 Å². The molecule has 7 heteroatoms. The molecule has 0 radical (unpaired) electrons. The summed E-state index contributed by atoms with van der Waals surface area (Å²) >= 11 is 0. The highest BCUT2D eigenvalue weighted by molar-refractivity contribution is 5.59. The number of hydrogen-bond acceptors (Lipinski definition) is 6. The van der Waals surface area contributed by atoms with Crippen molar-refractivity contribution >= 4 is 17.3 Å². The van der Waals surface area contributed by atoms with Gasteiger partial charge >= 0.3 is 0 Å². The number of hydrogen-bond donors (Lipinski definition) is 2. The number of aromatic nitrogens is 3. The van der Waals surface area contributed by atoms with Gasteiger partial charge in [-0.15, -0.1) is 0 Å². The third-order valence-corrected chi connectivity index (χ3v) is 2.33. The number of nitrogen functional groups attached to an aromatic ring is 1. The van der Waals surface area contributed by atoms with Crippen LogP contribution in [0.3, 0.4) is 0 Å². The van der Waals surface area contributed by atoms with E-state index in [1.54, 1.807) is 37.0 Å².